The maximum Gasteiger partial charge on any atom is 0.222 e. The second kappa shape index (κ2) is 9.09. The number of amides is 1. The number of aromatic hydroxyl groups is 1. The Kier molecular flexibility index (Phi) is 6.80. The van der Waals surface area contributed by atoms with Crippen LogP contribution >= 0.6 is 0 Å². The average molecular weight is 373 g/mol. The smallest absolute Gasteiger partial charge is 0.222 e. The first-order chi connectivity index (χ1) is 13.1. The maximum absolute atomic E-state index is 12.2. The molecule has 1 fully saturated rings. The number of fused-ring (bicyclic) bond motifs is 1. The van der Waals surface area contributed by atoms with Gasteiger partial charge >= 0.3 is 0 Å². The Labute approximate surface area is 164 Å². The van der Waals surface area contributed by atoms with Crippen LogP contribution in [0.4, 0.5) is 0 Å². The Morgan fingerprint density at radius 2 is 1.96 bits per heavy atom. The lowest BCUT2D eigenvalue weighted by molar-refractivity contribution is -0.130. The Balaban J connectivity index is 1.63. The van der Waals surface area contributed by atoms with Gasteiger partial charge in [0.05, 0.1) is 0 Å². The van der Waals surface area contributed by atoms with Gasteiger partial charge in [-0.2, -0.15) is 0 Å². The van der Waals surface area contributed by atoms with Crippen molar-refractivity contribution in [3.8, 4) is 5.75 Å². The van der Waals surface area contributed by atoms with E-state index >= 15 is 0 Å². The highest BCUT2D eigenvalue weighted by Crippen LogP contribution is 2.49. The van der Waals surface area contributed by atoms with Crippen molar-refractivity contribution >= 4 is 5.91 Å². The lowest BCUT2D eigenvalue weighted by Crippen LogP contribution is -2.41. The summed E-state index contributed by atoms with van der Waals surface area (Å²) in [4.78, 5) is 14.2. The van der Waals surface area contributed by atoms with E-state index in [4.69, 9.17) is 0 Å². The molecule has 150 valence electrons. The van der Waals surface area contributed by atoms with Gasteiger partial charge < -0.3 is 15.3 Å². The number of carbonyl (C=O) groups excluding carboxylic acids is 1. The standard InChI is InChI=1S/C23H36N2O2/c1-3-25(4-2)22(27)8-6-5-7-18-16-23(11-13-24-14-12-23)17-19-9-10-20(26)15-21(18)19/h9-10,15,18,24,26H,3-8,11-14,16-17H2,1-2H3. The Morgan fingerprint density at radius 1 is 1.22 bits per heavy atom. The lowest BCUT2D eigenvalue weighted by Gasteiger charge is -2.45. The van der Waals surface area contributed by atoms with Gasteiger partial charge in [0.25, 0.3) is 0 Å². The minimum Gasteiger partial charge on any atom is -0.508 e. The maximum atomic E-state index is 12.2. The van der Waals surface area contributed by atoms with E-state index in [-0.39, 0.29) is 5.91 Å². The first-order valence-electron chi connectivity index (χ1n) is 10.9. The molecular weight excluding hydrogens is 336 g/mol. The van der Waals surface area contributed by atoms with E-state index in [1.807, 2.05) is 30.9 Å². The number of piperidine rings is 1. The molecule has 1 saturated heterocycles. The highest BCUT2D eigenvalue weighted by atomic mass is 16.3. The predicted octanol–water partition coefficient (Wildman–Crippen LogP) is 4.22. The van der Waals surface area contributed by atoms with Gasteiger partial charge in [-0.1, -0.05) is 12.5 Å². The summed E-state index contributed by atoms with van der Waals surface area (Å²) in [6.07, 6.45) is 8.73. The third-order valence-electron chi connectivity index (χ3n) is 6.79. The fraction of sp³-hybridized carbons (Fsp3) is 0.696. The minimum absolute atomic E-state index is 0.288. The molecule has 27 heavy (non-hydrogen) atoms. The first kappa shape index (κ1) is 20.2. The summed E-state index contributed by atoms with van der Waals surface area (Å²) in [5.41, 5.74) is 3.22. The van der Waals surface area contributed by atoms with Crippen LogP contribution in [0.25, 0.3) is 0 Å². The number of unbranched alkanes of at least 4 members (excludes halogenated alkanes) is 1. The van der Waals surface area contributed by atoms with Crippen LogP contribution in [-0.4, -0.2) is 42.1 Å². The van der Waals surface area contributed by atoms with Crippen molar-refractivity contribution in [3.63, 3.8) is 0 Å². The zero-order chi connectivity index (χ0) is 19.3. The summed E-state index contributed by atoms with van der Waals surface area (Å²) in [5, 5.41) is 13.5. The molecule has 4 nitrogen and oxygen atoms in total. The second-order valence-electron chi connectivity index (χ2n) is 8.52. The van der Waals surface area contributed by atoms with Crippen LogP contribution in [-0.2, 0) is 11.2 Å². The fourth-order valence-corrected chi connectivity index (χ4v) is 5.23. The van der Waals surface area contributed by atoms with Crippen molar-refractivity contribution in [2.24, 2.45) is 5.41 Å². The van der Waals surface area contributed by atoms with Crippen molar-refractivity contribution in [2.45, 2.75) is 71.1 Å². The number of rotatable bonds is 7. The minimum atomic E-state index is 0.288. The van der Waals surface area contributed by atoms with Crippen LogP contribution < -0.4 is 5.32 Å². The number of hydrogen-bond donors (Lipinski definition) is 2. The van der Waals surface area contributed by atoms with Crippen molar-refractivity contribution in [1.82, 2.24) is 10.2 Å². The average Bonchev–Trinajstić information content (AvgIpc) is 2.67. The summed E-state index contributed by atoms with van der Waals surface area (Å²) >= 11 is 0. The lowest BCUT2D eigenvalue weighted by atomic mass is 9.62. The van der Waals surface area contributed by atoms with Crippen molar-refractivity contribution in [1.29, 1.82) is 0 Å². The molecule has 0 saturated carbocycles. The number of hydrogen-bond acceptors (Lipinski definition) is 3. The van der Waals surface area contributed by atoms with Crippen molar-refractivity contribution in [3.05, 3.63) is 29.3 Å². The molecule has 1 aromatic rings. The van der Waals surface area contributed by atoms with Crippen LogP contribution in [0.15, 0.2) is 18.2 Å². The van der Waals surface area contributed by atoms with Gasteiger partial charge in [-0.3, -0.25) is 4.79 Å². The monoisotopic (exact) mass is 372 g/mol. The van der Waals surface area contributed by atoms with Crippen molar-refractivity contribution < 1.29 is 9.90 Å². The van der Waals surface area contributed by atoms with Gasteiger partial charge in [0.15, 0.2) is 0 Å². The molecule has 0 aromatic heterocycles. The van der Waals surface area contributed by atoms with Crippen LogP contribution in [0.2, 0.25) is 0 Å². The molecule has 1 heterocycles. The summed E-state index contributed by atoms with van der Waals surface area (Å²) in [6, 6.07) is 5.98. The zero-order valence-electron chi connectivity index (χ0n) is 17.1. The van der Waals surface area contributed by atoms with E-state index in [0.717, 1.165) is 51.9 Å². The van der Waals surface area contributed by atoms with E-state index < -0.39 is 0 Å². The quantitative estimate of drug-likeness (QED) is 0.705. The van der Waals surface area contributed by atoms with Crippen LogP contribution in [0.3, 0.4) is 0 Å². The van der Waals surface area contributed by atoms with Crippen LogP contribution in [0, 0.1) is 5.41 Å². The molecule has 2 aliphatic rings. The summed E-state index contributed by atoms with van der Waals surface area (Å²) in [5.74, 6) is 1.19. The highest BCUT2D eigenvalue weighted by Gasteiger charge is 2.39. The summed E-state index contributed by atoms with van der Waals surface area (Å²) in [7, 11) is 0. The van der Waals surface area contributed by atoms with Crippen LogP contribution in [0.1, 0.15) is 75.8 Å². The molecule has 2 N–H and O–H groups in total. The molecule has 1 aliphatic carbocycles. The number of carbonyl (C=O) groups is 1. The van der Waals surface area contributed by atoms with Gasteiger partial charge in [-0.05, 0) is 100 Å². The van der Waals surface area contributed by atoms with Gasteiger partial charge in [-0.15, -0.1) is 0 Å². The number of phenols is 1. The topological polar surface area (TPSA) is 52.6 Å². The molecule has 0 bridgehead atoms. The van der Waals surface area contributed by atoms with Gasteiger partial charge in [-0.25, -0.2) is 0 Å². The number of nitrogens with zero attached hydrogens (tertiary/aromatic N) is 1. The fourth-order valence-electron chi connectivity index (χ4n) is 5.23. The van der Waals surface area contributed by atoms with Gasteiger partial charge in [0.2, 0.25) is 5.91 Å². The largest absolute Gasteiger partial charge is 0.508 e. The van der Waals surface area contributed by atoms with Gasteiger partial charge in [0.1, 0.15) is 5.75 Å². The molecule has 0 radical (unpaired) electrons. The van der Waals surface area contributed by atoms with Gasteiger partial charge in [0, 0.05) is 19.5 Å². The Morgan fingerprint density at radius 3 is 2.67 bits per heavy atom. The van der Waals surface area contributed by atoms with E-state index in [0.29, 0.717) is 23.5 Å². The first-order valence-corrected chi connectivity index (χ1v) is 10.9. The molecule has 1 atom stereocenters. The number of phenolic OH excluding ortho intramolecular Hbond substituents is 1. The summed E-state index contributed by atoms with van der Waals surface area (Å²) < 4.78 is 0. The number of benzene rings is 1. The SMILES string of the molecule is CCN(CC)C(=O)CCCCC1CC2(CCNCC2)Cc2ccc(O)cc21. The van der Waals surface area contributed by atoms with Crippen LogP contribution in [0.5, 0.6) is 5.75 Å². The molecule has 1 spiro atoms. The molecule has 1 aliphatic heterocycles. The molecular formula is C23H36N2O2. The van der Waals surface area contributed by atoms with E-state index in [2.05, 4.69) is 11.4 Å². The van der Waals surface area contributed by atoms with E-state index in [1.54, 1.807) is 0 Å². The van der Waals surface area contributed by atoms with E-state index in [9.17, 15) is 9.90 Å². The number of nitrogens with one attached hydrogen (secondary N) is 1. The molecule has 1 unspecified atom stereocenters. The van der Waals surface area contributed by atoms with E-state index in [1.165, 1.54) is 30.4 Å². The van der Waals surface area contributed by atoms with Crippen molar-refractivity contribution in [2.75, 3.05) is 26.2 Å². The molecule has 1 aromatic carbocycles. The predicted molar refractivity (Wildman–Crippen MR) is 110 cm³/mol. The molecule has 3 rings (SSSR count). The third kappa shape index (κ3) is 4.84. The normalized spacial score (nSPS) is 21.0. The Hall–Kier alpha value is -1.55. The molecule has 1 amide bonds. The zero-order valence-corrected chi connectivity index (χ0v) is 17.1. The third-order valence-corrected chi connectivity index (χ3v) is 6.79. The second-order valence-corrected chi connectivity index (χ2v) is 8.52. The Bertz CT molecular complexity index is 633. The highest BCUT2D eigenvalue weighted by molar-refractivity contribution is 5.76. The summed E-state index contributed by atoms with van der Waals surface area (Å²) in [6.45, 7) is 7.95. The molecule has 4 heteroatoms.